The fourth-order valence-electron chi connectivity index (χ4n) is 18.0. The molecule has 0 aromatic heterocycles. The fraction of sp³-hybridized carbons (Fsp3) is 0.169. The number of carbonyl (C=O) groups excluding carboxylic acids is 10. The normalized spacial score (nSPS) is 12.5. The monoisotopic (exact) mass is 1860 g/mol. The van der Waals surface area contributed by atoms with E-state index in [1.165, 1.54) is 0 Å². The van der Waals surface area contributed by atoms with Crippen LogP contribution in [0.3, 0.4) is 0 Å². The first-order chi connectivity index (χ1) is 67.9. The number of hydrogen-bond acceptors (Lipinski definition) is 14. The molecule has 0 aliphatic carbocycles. The summed E-state index contributed by atoms with van der Waals surface area (Å²) in [4.78, 5) is 160. The maximum atomic E-state index is 17.4. The largest absolute Gasteiger partial charge is 0.457 e. The first kappa shape index (κ1) is 94.6. The van der Waals surface area contributed by atoms with Gasteiger partial charge in [-0.3, -0.25) is 57.7 Å². The first-order valence-corrected chi connectivity index (χ1v) is 46.6. The zero-order chi connectivity index (χ0) is 97.8. The minimum atomic E-state index is -1.55. The van der Waals surface area contributed by atoms with Crippen molar-refractivity contribution < 1.29 is 66.9 Å². The van der Waals surface area contributed by atoms with Gasteiger partial charge in [-0.05, 0) is 182 Å². The van der Waals surface area contributed by atoms with Crippen LogP contribution in [-0.2, 0) is 93.5 Å². The van der Waals surface area contributed by atoms with Gasteiger partial charge in [0.15, 0.2) is 0 Å². The van der Waals surface area contributed by atoms with Gasteiger partial charge in [-0.25, -0.2) is 0 Å². The van der Waals surface area contributed by atoms with Crippen LogP contribution < -0.4 is 40.2 Å². The summed E-state index contributed by atoms with van der Waals surface area (Å²) < 4.78 is 30.2. The zero-order valence-corrected chi connectivity index (χ0v) is 78.3. The Morgan fingerprint density at radius 2 is 0.464 bits per heavy atom. The van der Waals surface area contributed by atoms with E-state index in [0.717, 1.165) is 54.3 Å². The molecule has 4 N–H and O–H groups in total. The van der Waals surface area contributed by atoms with Crippen molar-refractivity contribution in [1.29, 1.82) is 0 Å². The summed E-state index contributed by atoms with van der Waals surface area (Å²) in [5.41, 5.74) is 8.58. The molecular formula is C118H104N8O14. The van der Waals surface area contributed by atoms with Gasteiger partial charge in [0.1, 0.15) is 58.1 Å². The zero-order valence-electron chi connectivity index (χ0n) is 78.3. The minimum absolute atomic E-state index is 0.0360. The number of carbonyl (C=O) groups is 10. The van der Waals surface area contributed by atoms with Crippen LogP contribution in [-0.4, -0.2) is 117 Å². The SMILES string of the molecule is C=C(C)C(=O)NCCc1ccc(Oc2cc3c4c(cc(Oc5ccc(CCNC(=O)C(=C)C)cc5)c5c6c(Oc7ccc(CCNC(=O)C(=C)C)cc7)cc7c8c(cc(Oc9ccc(CCNC(=O)C(=C)C)cc9)c(c2c45)c86)C(=O)N(C(Cc2ccccc2)C(=O)N(Cc2ccccc2)Cc2ccccc2)C7=O)C(=O)N(C(Cc2ccccc2)C(=O)N(Cc2ccccc2)Cc2ccccc2)C3=O)cc1. The number of ether oxygens (including phenoxy) is 4. The lowest BCUT2D eigenvalue weighted by molar-refractivity contribution is -0.137. The Morgan fingerprint density at radius 3 is 0.664 bits per heavy atom. The van der Waals surface area contributed by atoms with Crippen molar-refractivity contribution in [2.75, 3.05) is 26.2 Å². The predicted octanol–water partition coefficient (Wildman–Crippen LogP) is 20.7. The van der Waals surface area contributed by atoms with Crippen LogP contribution in [0, 0.1) is 0 Å². The molecule has 2 unspecified atom stereocenters. The van der Waals surface area contributed by atoms with E-state index >= 15 is 28.8 Å². The number of hydrogen-bond donors (Lipinski definition) is 4. The quantitative estimate of drug-likeness (QED) is 0.0120. The van der Waals surface area contributed by atoms with E-state index in [1.54, 1.807) is 110 Å². The molecule has 0 saturated heterocycles. The van der Waals surface area contributed by atoms with Crippen LogP contribution in [0.4, 0.5) is 0 Å². The predicted molar refractivity (Wildman–Crippen MR) is 543 cm³/mol. The Kier molecular flexibility index (Phi) is 28.7. The summed E-state index contributed by atoms with van der Waals surface area (Å²) in [6, 6.07) is 88.0. The molecule has 22 nitrogen and oxygen atoms in total. The van der Waals surface area contributed by atoms with E-state index in [4.69, 9.17) is 18.9 Å². The molecule has 0 saturated carbocycles. The van der Waals surface area contributed by atoms with E-state index in [2.05, 4.69) is 47.6 Å². The van der Waals surface area contributed by atoms with Gasteiger partial charge in [0, 0.05) is 131 Å². The number of amides is 10. The minimum Gasteiger partial charge on any atom is -0.457 e. The molecule has 700 valence electrons. The van der Waals surface area contributed by atoms with Gasteiger partial charge >= 0.3 is 0 Å². The van der Waals surface area contributed by atoms with Crippen LogP contribution in [0.5, 0.6) is 46.0 Å². The van der Waals surface area contributed by atoms with Crippen molar-refractivity contribution >= 4 is 102 Å². The van der Waals surface area contributed by atoms with Crippen molar-refractivity contribution in [2.45, 2.75) is 104 Å². The number of nitrogens with one attached hydrogen (secondary N) is 4. The maximum absolute atomic E-state index is 17.4. The summed E-state index contributed by atoms with van der Waals surface area (Å²) in [5, 5.41) is 12.8. The molecule has 0 fully saturated rings. The molecule has 0 spiro atoms. The smallest absolute Gasteiger partial charge is 0.262 e. The van der Waals surface area contributed by atoms with Crippen LogP contribution in [0.2, 0.25) is 0 Å². The van der Waals surface area contributed by atoms with Crippen LogP contribution in [0.1, 0.15) is 125 Å². The topological polar surface area (TPSA) is 269 Å². The maximum Gasteiger partial charge on any atom is 0.262 e. The van der Waals surface area contributed by atoms with Gasteiger partial charge < -0.3 is 50.0 Å². The fourth-order valence-corrected chi connectivity index (χ4v) is 18.0. The highest BCUT2D eigenvalue weighted by atomic mass is 16.5. The van der Waals surface area contributed by atoms with E-state index in [1.807, 2.05) is 231 Å². The standard InChI is InChI=1S/C118H104N8O14/c1-73(2)109(127)119-59-55-77-39-47-87(48-40-77)137-97-65-91-101-92(114(132)125(113(91)131)95(63-81-27-15-9-16-28-81)117(135)123(69-83-31-19-11-20-32-83)70-84-33-21-12-22-34-84)67-99(139-89-51-43-79(44-52-89)57-61-121-111(129)75(5)6)105-106-100(140-90-53-45-80(46-54-90)58-62-122-112(130)76(7)8)68-94-102-93(66-98(104(108(102)106)103(97)107(101)105)138-88-49-41-78(42-50-88)56-60-120-110(128)74(3)4)115(133)126(116(94)134)96(64-82-29-17-10-18-30-82)118(136)124(71-85-35-23-13-24-36-85)72-86-37-25-14-26-38-86/h9-54,65-68,95-96H,1,3,5,7,55-64,69-72H2,2,4,6,8H3,(H,119,127)(H,120,128)(H,121,129)(H,122,130). The van der Waals surface area contributed by atoms with Crippen molar-refractivity contribution in [1.82, 2.24) is 40.9 Å². The molecule has 0 bridgehead atoms. The molecule has 0 radical (unpaired) electrons. The number of imide groups is 2. The molecule has 10 amide bonds. The van der Waals surface area contributed by atoms with Crippen LogP contribution in [0.15, 0.2) is 352 Å². The number of fused-ring (bicyclic) bond motifs is 2. The lowest BCUT2D eigenvalue weighted by Crippen LogP contribution is -2.55. The summed E-state index contributed by atoms with van der Waals surface area (Å²) >= 11 is 0. The van der Waals surface area contributed by atoms with Crippen LogP contribution >= 0.6 is 0 Å². The molecule has 140 heavy (non-hydrogen) atoms. The Labute approximate surface area is 811 Å². The van der Waals surface area contributed by atoms with Crippen molar-refractivity contribution in [3.8, 4) is 46.0 Å². The second kappa shape index (κ2) is 42.4. The first-order valence-electron chi connectivity index (χ1n) is 46.6. The molecule has 2 heterocycles. The molecule has 2 aliphatic rings. The molecule has 22 heteroatoms. The summed E-state index contributed by atoms with van der Waals surface area (Å²) in [7, 11) is 0. The van der Waals surface area contributed by atoms with Gasteiger partial charge in [0.25, 0.3) is 23.6 Å². The van der Waals surface area contributed by atoms with E-state index < -0.39 is 47.5 Å². The van der Waals surface area contributed by atoms with Gasteiger partial charge in [-0.1, -0.05) is 257 Å². The average Bonchev–Trinajstić information content (AvgIpc) is 0.668. The van der Waals surface area contributed by atoms with Gasteiger partial charge in [-0.15, -0.1) is 0 Å². The number of nitrogens with zero attached hydrogens (tertiary/aromatic N) is 4. The Morgan fingerprint density at radius 1 is 0.264 bits per heavy atom. The van der Waals surface area contributed by atoms with Crippen molar-refractivity contribution in [3.63, 3.8) is 0 Å². The van der Waals surface area contributed by atoms with Crippen molar-refractivity contribution in [3.05, 3.63) is 430 Å². The molecule has 17 rings (SSSR count). The van der Waals surface area contributed by atoms with Crippen molar-refractivity contribution in [2.24, 2.45) is 0 Å². The van der Waals surface area contributed by atoms with Gasteiger partial charge in [0.2, 0.25) is 35.4 Å². The molecular weight excluding hydrogens is 1750 g/mol. The summed E-state index contributed by atoms with van der Waals surface area (Å²) in [5.74, 6) is -5.09. The van der Waals surface area contributed by atoms with Gasteiger partial charge in [0.05, 0.1) is 22.3 Å². The summed E-state index contributed by atoms with van der Waals surface area (Å²) in [6.07, 6.45) is 1.26. The third kappa shape index (κ3) is 21.1. The molecule has 15 aromatic rings. The van der Waals surface area contributed by atoms with Crippen LogP contribution in [0.25, 0.3) is 43.1 Å². The third-order valence-electron chi connectivity index (χ3n) is 25.1. The van der Waals surface area contributed by atoms with Gasteiger partial charge in [-0.2, -0.15) is 0 Å². The average molecular weight is 1860 g/mol. The molecule has 15 aromatic carbocycles. The van der Waals surface area contributed by atoms with E-state index in [0.29, 0.717) is 59.1 Å². The third-order valence-corrected chi connectivity index (χ3v) is 25.1. The number of rotatable bonds is 40. The lowest BCUT2D eigenvalue weighted by Gasteiger charge is -2.38. The Balaban J connectivity index is 0.974. The molecule has 2 atom stereocenters. The highest BCUT2D eigenvalue weighted by molar-refractivity contribution is 6.45. The highest BCUT2D eigenvalue weighted by Crippen LogP contribution is 2.58. The molecule has 2 aliphatic heterocycles. The Hall–Kier alpha value is -17.1. The van der Waals surface area contributed by atoms with E-state index in [-0.39, 0.29) is 200 Å². The summed E-state index contributed by atoms with van der Waals surface area (Å²) in [6.45, 7) is 23.1. The Bertz CT molecular complexity index is 6520. The highest BCUT2D eigenvalue weighted by Gasteiger charge is 2.48. The second-order valence-electron chi connectivity index (χ2n) is 35.5. The number of benzene rings is 15. The lowest BCUT2D eigenvalue weighted by atomic mass is 9.80. The second-order valence-corrected chi connectivity index (χ2v) is 35.5. The van der Waals surface area contributed by atoms with E-state index in [9.17, 15) is 19.2 Å².